The van der Waals surface area contributed by atoms with Crippen molar-refractivity contribution < 1.29 is 0 Å². The van der Waals surface area contributed by atoms with E-state index in [1.165, 1.54) is 22.1 Å². The second kappa shape index (κ2) is 8.85. The van der Waals surface area contributed by atoms with Crippen LogP contribution in [0.1, 0.15) is 31.9 Å². The highest BCUT2D eigenvalue weighted by Gasteiger charge is 2.21. The molecule has 2 aromatic heterocycles. The minimum Gasteiger partial charge on any atom is -0.368 e. The fraction of sp³-hybridized carbons (Fsp3) is 0.346. The molecule has 8 heteroatoms. The van der Waals surface area contributed by atoms with E-state index in [-0.39, 0.29) is 11.0 Å². The van der Waals surface area contributed by atoms with Crippen LogP contribution in [0, 0.1) is 0 Å². The average molecular weight is 476 g/mol. The second-order valence-electron chi connectivity index (χ2n) is 9.83. The number of anilines is 1. The zero-order chi connectivity index (χ0) is 23.9. The Morgan fingerprint density at radius 3 is 2.41 bits per heavy atom. The monoisotopic (exact) mass is 475 g/mol. The number of H-pyrrole nitrogens is 2. The van der Waals surface area contributed by atoms with Gasteiger partial charge in [-0.25, -0.2) is 9.78 Å². The maximum absolute atomic E-state index is 12.0. The van der Waals surface area contributed by atoms with E-state index in [0.717, 1.165) is 42.3 Å². The molecule has 1 fully saturated rings. The van der Waals surface area contributed by atoms with Gasteiger partial charge in [0.05, 0.1) is 15.9 Å². The van der Waals surface area contributed by atoms with Crippen LogP contribution in [0.15, 0.2) is 58.3 Å². The van der Waals surface area contributed by atoms with Crippen molar-refractivity contribution >= 4 is 27.2 Å². The van der Waals surface area contributed by atoms with Crippen LogP contribution in [0.5, 0.6) is 0 Å². The van der Waals surface area contributed by atoms with Crippen LogP contribution in [0.3, 0.4) is 0 Å². The molecule has 1 aliphatic heterocycles. The topological polar surface area (TPSA) is 85.1 Å². The van der Waals surface area contributed by atoms with Gasteiger partial charge in [0.2, 0.25) is 0 Å². The van der Waals surface area contributed by atoms with Crippen molar-refractivity contribution in [1.29, 1.82) is 0 Å². The molecule has 4 aromatic rings. The first-order valence-electron chi connectivity index (χ1n) is 11.6. The van der Waals surface area contributed by atoms with Gasteiger partial charge in [-0.05, 0) is 23.1 Å². The van der Waals surface area contributed by atoms with E-state index in [1.807, 2.05) is 0 Å². The van der Waals surface area contributed by atoms with Gasteiger partial charge in [-0.3, -0.25) is 14.7 Å². The summed E-state index contributed by atoms with van der Waals surface area (Å²) >= 11 is 1.75. The quantitative estimate of drug-likeness (QED) is 0.467. The van der Waals surface area contributed by atoms with Crippen molar-refractivity contribution in [1.82, 2.24) is 19.9 Å². The van der Waals surface area contributed by atoms with Crippen LogP contribution in [-0.2, 0) is 12.0 Å². The van der Waals surface area contributed by atoms with Crippen LogP contribution in [0.25, 0.3) is 20.8 Å². The number of benzene rings is 2. The molecule has 1 saturated heterocycles. The van der Waals surface area contributed by atoms with Gasteiger partial charge in [0.1, 0.15) is 5.01 Å². The Kier molecular flexibility index (Phi) is 5.87. The summed E-state index contributed by atoms with van der Waals surface area (Å²) in [5.74, 6) is 0. The molecule has 0 aliphatic carbocycles. The van der Waals surface area contributed by atoms with E-state index in [1.54, 1.807) is 11.3 Å². The molecule has 5 rings (SSSR count). The Bertz CT molecular complexity index is 1420. The van der Waals surface area contributed by atoms with Gasteiger partial charge in [-0.2, -0.15) is 0 Å². The number of piperazine rings is 1. The molecule has 176 valence electrons. The van der Waals surface area contributed by atoms with Crippen LogP contribution >= 0.6 is 11.3 Å². The Hall–Kier alpha value is -3.23. The largest absolute Gasteiger partial charge is 0.368 e. The van der Waals surface area contributed by atoms with E-state index in [0.29, 0.717) is 12.1 Å². The van der Waals surface area contributed by atoms with Gasteiger partial charge in [-0.1, -0.05) is 51.1 Å². The minimum absolute atomic E-state index is 0.132. The highest BCUT2D eigenvalue weighted by molar-refractivity contribution is 7.22. The summed E-state index contributed by atoms with van der Waals surface area (Å²) in [5, 5.41) is 1.04. The molecule has 7 nitrogen and oxygen atoms in total. The van der Waals surface area contributed by atoms with E-state index in [4.69, 9.17) is 4.98 Å². The Balaban J connectivity index is 1.33. The molecule has 1 aliphatic rings. The molecule has 0 spiro atoms. The fourth-order valence-corrected chi connectivity index (χ4v) is 5.47. The number of nitrogens with one attached hydrogen (secondary N) is 2. The first-order valence-corrected chi connectivity index (χ1v) is 12.4. The summed E-state index contributed by atoms with van der Waals surface area (Å²) in [7, 11) is 0. The minimum atomic E-state index is -0.472. The number of rotatable bonds is 4. The maximum Gasteiger partial charge on any atom is 0.325 e. The zero-order valence-electron chi connectivity index (χ0n) is 19.7. The van der Waals surface area contributed by atoms with Gasteiger partial charge in [-0.15, -0.1) is 11.3 Å². The SMILES string of the molecule is CC(C)(C)c1ccc(-c2nc3cccc(N4CCN(Cc5c[nH]c(=O)[nH]c5=O)CC4)c3s2)cc1. The standard InChI is InChI=1S/C26H29N5O2S/c1-26(2,3)19-9-7-17(8-10-19)24-28-20-5-4-6-21(22(20)34-24)31-13-11-30(12-14-31)16-18-15-27-25(33)29-23(18)32/h4-10,15H,11-14,16H2,1-3H3,(H2,27,29,32,33). The first kappa shape index (κ1) is 22.6. The number of aromatic nitrogens is 3. The van der Waals surface area contributed by atoms with E-state index < -0.39 is 5.69 Å². The number of hydrogen-bond donors (Lipinski definition) is 2. The van der Waals surface area contributed by atoms with Crippen LogP contribution in [0.4, 0.5) is 5.69 Å². The molecule has 0 atom stereocenters. The van der Waals surface area contributed by atoms with E-state index >= 15 is 0 Å². The Labute approximate surface area is 202 Å². The van der Waals surface area contributed by atoms with Crippen LogP contribution in [0.2, 0.25) is 0 Å². The van der Waals surface area contributed by atoms with Crippen LogP contribution < -0.4 is 16.1 Å². The number of nitrogens with zero attached hydrogens (tertiary/aromatic N) is 3. The highest BCUT2D eigenvalue weighted by atomic mass is 32.1. The molecule has 3 heterocycles. The summed E-state index contributed by atoms with van der Waals surface area (Å²) in [4.78, 5) is 37.7. The molecule has 0 radical (unpaired) electrons. The lowest BCUT2D eigenvalue weighted by Crippen LogP contribution is -2.46. The van der Waals surface area contributed by atoms with Crippen molar-refractivity contribution in [3.8, 4) is 10.6 Å². The molecule has 2 N–H and O–H groups in total. The summed E-state index contributed by atoms with van der Waals surface area (Å²) in [6.45, 7) is 10.6. The number of hydrogen-bond acceptors (Lipinski definition) is 6. The number of fused-ring (bicyclic) bond motifs is 1. The molecule has 0 unspecified atom stereocenters. The molecule has 34 heavy (non-hydrogen) atoms. The molecule has 2 aromatic carbocycles. The molecular weight excluding hydrogens is 446 g/mol. The number of thiazole rings is 1. The highest BCUT2D eigenvalue weighted by Crippen LogP contribution is 2.37. The summed E-state index contributed by atoms with van der Waals surface area (Å²) in [6, 6.07) is 15.1. The van der Waals surface area contributed by atoms with Crippen molar-refractivity contribution in [2.45, 2.75) is 32.7 Å². The van der Waals surface area contributed by atoms with Crippen LogP contribution in [-0.4, -0.2) is 46.0 Å². The lowest BCUT2D eigenvalue weighted by atomic mass is 9.87. The molecule has 0 amide bonds. The smallest absolute Gasteiger partial charge is 0.325 e. The van der Waals surface area contributed by atoms with E-state index in [2.05, 4.69) is 83.0 Å². The molecular formula is C26H29N5O2S. The number of aromatic amines is 2. The van der Waals surface area contributed by atoms with Crippen molar-refractivity contribution in [3.63, 3.8) is 0 Å². The summed E-state index contributed by atoms with van der Waals surface area (Å²) < 4.78 is 1.21. The Morgan fingerprint density at radius 2 is 1.74 bits per heavy atom. The maximum atomic E-state index is 12.0. The third-order valence-electron chi connectivity index (χ3n) is 6.40. The molecule has 0 bridgehead atoms. The lowest BCUT2D eigenvalue weighted by molar-refractivity contribution is 0.248. The van der Waals surface area contributed by atoms with Gasteiger partial charge in [0.25, 0.3) is 5.56 Å². The summed E-state index contributed by atoms with van der Waals surface area (Å²) in [5.41, 5.74) is 4.64. The third-order valence-corrected chi connectivity index (χ3v) is 7.54. The van der Waals surface area contributed by atoms with Gasteiger partial charge < -0.3 is 9.88 Å². The van der Waals surface area contributed by atoms with Gasteiger partial charge in [0.15, 0.2) is 0 Å². The Morgan fingerprint density at radius 1 is 1.00 bits per heavy atom. The van der Waals surface area contributed by atoms with Crippen molar-refractivity contribution in [3.05, 3.63) is 80.6 Å². The summed E-state index contributed by atoms with van der Waals surface area (Å²) in [6.07, 6.45) is 1.52. The third kappa shape index (κ3) is 4.56. The van der Waals surface area contributed by atoms with E-state index in [9.17, 15) is 9.59 Å². The van der Waals surface area contributed by atoms with Gasteiger partial charge in [0, 0.05) is 50.0 Å². The second-order valence-corrected chi connectivity index (χ2v) is 10.8. The average Bonchev–Trinajstić information content (AvgIpc) is 3.26. The predicted octanol–water partition coefficient (Wildman–Crippen LogP) is 3.96. The normalized spacial score (nSPS) is 15.2. The van der Waals surface area contributed by atoms with Crippen molar-refractivity contribution in [2.75, 3.05) is 31.1 Å². The first-order chi connectivity index (χ1) is 16.3. The van der Waals surface area contributed by atoms with Gasteiger partial charge >= 0.3 is 5.69 Å². The fourth-order valence-electron chi connectivity index (χ4n) is 4.36. The zero-order valence-corrected chi connectivity index (χ0v) is 20.5. The molecule has 0 saturated carbocycles. The van der Waals surface area contributed by atoms with Crippen molar-refractivity contribution in [2.24, 2.45) is 0 Å². The predicted molar refractivity (Wildman–Crippen MR) is 139 cm³/mol. The lowest BCUT2D eigenvalue weighted by Gasteiger charge is -2.36.